The van der Waals surface area contributed by atoms with Crippen LogP contribution in [0.25, 0.3) is 10.4 Å². The predicted molar refractivity (Wildman–Crippen MR) is 49.7 cm³/mol. The Morgan fingerprint density at radius 3 is 2.93 bits per heavy atom. The van der Waals surface area contributed by atoms with Crippen molar-refractivity contribution in [2.45, 2.75) is 44.8 Å². The quantitative estimate of drug-likeness (QED) is 0.317. The second-order valence-corrected chi connectivity index (χ2v) is 3.38. The summed E-state index contributed by atoms with van der Waals surface area (Å²) in [6, 6.07) is -0.586. The van der Waals surface area contributed by atoms with Gasteiger partial charge in [0.25, 0.3) is 0 Å². The molecule has 1 aliphatic heterocycles. The zero-order valence-corrected chi connectivity index (χ0v) is 8.53. The highest BCUT2D eigenvalue weighted by Gasteiger charge is 2.37. The first kappa shape index (κ1) is 11.8. The van der Waals surface area contributed by atoms with Crippen LogP contribution in [-0.4, -0.2) is 35.6 Å². The number of carbonyl (C=O) groups is 1. The van der Waals surface area contributed by atoms with Crippen molar-refractivity contribution in [2.75, 3.05) is 0 Å². The number of nitrogens with zero attached hydrogens (tertiary/aromatic N) is 3. The van der Waals surface area contributed by atoms with E-state index in [0.717, 1.165) is 0 Å². The van der Waals surface area contributed by atoms with E-state index in [1.54, 1.807) is 6.92 Å². The SMILES string of the molecule is CC(=O)O[C@@H]1[C@@H](N=[N+]=[N-])CC(O)O[C@H]1C. The fourth-order valence-electron chi connectivity index (χ4n) is 1.58. The van der Waals surface area contributed by atoms with Crippen LogP contribution in [0.1, 0.15) is 20.3 Å². The third kappa shape index (κ3) is 3.09. The van der Waals surface area contributed by atoms with Crippen LogP contribution < -0.4 is 0 Å². The molecule has 4 atom stereocenters. The van der Waals surface area contributed by atoms with Gasteiger partial charge in [-0.3, -0.25) is 4.79 Å². The Kier molecular flexibility index (Phi) is 3.90. The topological polar surface area (TPSA) is 105 Å². The van der Waals surface area contributed by atoms with Crippen molar-refractivity contribution in [3.05, 3.63) is 10.4 Å². The van der Waals surface area contributed by atoms with Gasteiger partial charge in [0.2, 0.25) is 0 Å². The van der Waals surface area contributed by atoms with E-state index in [1.807, 2.05) is 0 Å². The Bertz CT molecular complexity index is 290. The number of esters is 1. The molecule has 0 bridgehead atoms. The summed E-state index contributed by atoms with van der Waals surface area (Å²) in [6.45, 7) is 2.92. The largest absolute Gasteiger partial charge is 0.459 e. The van der Waals surface area contributed by atoms with Gasteiger partial charge in [0, 0.05) is 18.3 Å². The molecular formula is C8H13N3O4. The lowest BCUT2D eigenvalue weighted by Crippen LogP contribution is -2.48. The molecule has 1 rings (SSSR count). The van der Waals surface area contributed by atoms with Crippen molar-refractivity contribution in [1.29, 1.82) is 0 Å². The molecule has 0 aromatic rings. The average molecular weight is 215 g/mol. The lowest BCUT2D eigenvalue weighted by molar-refractivity contribution is -0.210. The molecule has 0 aromatic heterocycles. The summed E-state index contributed by atoms with van der Waals surface area (Å²) in [6.07, 6.45) is -1.98. The van der Waals surface area contributed by atoms with Crippen molar-refractivity contribution in [1.82, 2.24) is 0 Å². The van der Waals surface area contributed by atoms with E-state index in [0.29, 0.717) is 0 Å². The summed E-state index contributed by atoms with van der Waals surface area (Å²) < 4.78 is 10.0. The molecule has 0 saturated carbocycles. The van der Waals surface area contributed by atoms with Crippen molar-refractivity contribution in [3.63, 3.8) is 0 Å². The molecule has 1 fully saturated rings. The Morgan fingerprint density at radius 2 is 2.40 bits per heavy atom. The monoisotopic (exact) mass is 215 g/mol. The van der Waals surface area contributed by atoms with Gasteiger partial charge in [-0.1, -0.05) is 5.11 Å². The summed E-state index contributed by atoms with van der Waals surface area (Å²) in [5, 5.41) is 12.8. The number of rotatable bonds is 2. The highest BCUT2D eigenvalue weighted by Crippen LogP contribution is 2.24. The molecule has 7 heteroatoms. The van der Waals surface area contributed by atoms with Crippen molar-refractivity contribution in [2.24, 2.45) is 5.11 Å². The fraction of sp³-hybridized carbons (Fsp3) is 0.875. The number of hydrogen-bond donors (Lipinski definition) is 1. The minimum absolute atomic E-state index is 0.131. The third-order valence-electron chi connectivity index (χ3n) is 2.16. The van der Waals surface area contributed by atoms with E-state index in [-0.39, 0.29) is 6.42 Å². The van der Waals surface area contributed by atoms with Crippen LogP contribution in [-0.2, 0) is 14.3 Å². The molecule has 1 heterocycles. The molecule has 15 heavy (non-hydrogen) atoms. The lowest BCUT2D eigenvalue weighted by atomic mass is 10.0. The first-order chi connectivity index (χ1) is 7.04. The van der Waals surface area contributed by atoms with Gasteiger partial charge in [0.15, 0.2) is 6.29 Å². The fourth-order valence-corrected chi connectivity index (χ4v) is 1.58. The number of aliphatic hydroxyl groups excluding tert-OH is 1. The van der Waals surface area contributed by atoms with Crippen molar-refractivity contribution < 1.29 is 19.4 Å². The maximum absolute atomic E-state index is 10.8. The summed E-state index contributed by atoms with van der Waals surface area (Å²) >= 11 is 0. The normalized spacial score (nSPS) is 35.4. The van der Waals surface area contributed by atoms with Crippen LogP contribution in [0, 0.1) is 0 Å². The standard InChI is InChI=1S/C8H13N3O4/c1-4-8(15-5(2)12)6(10-11-9)3-7(13)14-4/h4,6-8,13H,3H2,1-2H3/t4-,6-,7?,8-/m0/s1. The van der Waals surface area contributed by atoms with Gasteiger partial charge in [-0.2, -0.15) is 0 Å². The van der Waals surface area contributed by atoms with E-state index < -0.39 is 30.5 Å². The molecule has 7 nitrogen and oxygen atoms in total. The maximum atomic E-state index is 10.8. The number of carbonyl (C=O) groups excluding carboxylic acids is 1. The second kappa shape index (κ2) is 4.97. The lowest BCUT2D eigenvalue weighted by Gasteiger charge is -2.35. The molecule has 0 amide bonds. The van der Waals surface area contributed by atoms with Crippen LogP contribution in [0.2, 0.25) is 0 Å². The minimum atomic E-state index is -0.984. The van der Waals surface area contributed by atoms with E-state index in [2.05, 4.69) is 10.0 Å². The van der Waals surface area contributed by atoms with E-state index >= 15 is 0 Å². The Morgan fingerprint density at radius 1 is 1.73 bits per heavy atom. The van der Waals surface area contributed by atoms with Crippen LogP contribution in [0.5, 0.6) is 0 Å². The molecule has 1 saturated heterocycles. The summed E-state index contributed by atoms with van der Waals surface area (Å²) in [7, 11) is 0. The number of aliphatic hydroxyl groups is 1. The van der Waals surface area contributed by atoms with E-state index in [1.165, 1.54) is 6.92 Å². The smallest absolute Gasteiger partial charge is 0.303 e. The van der Waals surface area contributed by atoms with Crippen LogP contribution >= 0.6 is 0 Å². The predicted octanol–water partition coefficient (Wildman–Crippen LogP) is 0.724. The summed E-state index contributed by atoms with van der Waals surface area (Å²) in [5.41, 5.74) is 8.34. The number of ether oxygens (including phenoxy) is 2. The molecule has 84 valence electrons. The van der Waals surface area contributed by atoms with Gasteiger partial charge in [0.05, 0.1) is 12.1 Å². The van der Waals surface area contributed by atoms with Gasteiger partial charge in [-0.25, -0.2) is 0 Å². The molecule has 0 radical (unpaired) electrons. The Hall–Kier alpha value is -1.30. The molecular weight excluding hydrogens is 202 g/mol. The van der Waals surface area contributed by atoms with Crippen LogP contribution in [0.3, 0.4) is 0 Å². The van der Waals surface area contributed by atoms with E-state index in [4.69, 9.17) is 15.0 Å². The van der Waals surface area contributed by atoms with Gasteiger partial charge < -0.3 is 14.6 Å². The van der Waals surface area contributed by atoms with E-state index in [9.17, 15) is 9.90 Å². The first-order valence-electron chi connectivity index (χ1n) is 4.59. The molecule has 0 spiro atoms. The molecule has 0 aliphatic carbocycles. The van der Waals surface area contributed by atoms with Gasteiger partial charge in [-0.15, -0.1) is 0 Å². The Balaban J connectivity index is 2.76. The highest BCUT2D eigenvalue weighted by atomic mass is 16.6. The molecule has 1 N–H and O–H groups in total. The number of azide groups is 1. The highest BCUT2D eigenvalue weighted by molar-refractivity contribution is 5.66. The second-order valence-electron chi connectivity index (χ2n) is 3.38. The van der Waals surface area contributed by atoms with Crippen molar-refractivity contribution in [3.8, 4) is 0 Å². The average Bonchev–Trinajstić information content (AvgIpc) is 2.11. The zero-order chi connectivity index (χ0) is 11.4. The molecule has 1 aliphatic rings. The number of hydrogen-bond acceptors (Lipinski definition) is 5. The van der Waals surface area contributed by atoms with Crippen molar-refractivity contribution >= 4 is 5.97 Å². The molecule has 0 aromatic carbocycles. The summed E-state index contributed by atoms with van der Waals surface area (Å²) in [4.78, 5) is 13.5. The molecule has 1 unspecified atom stereocenters. The summed E-state index contributed by atoms with van der Waals surface area (Å²) in [5.74, 6) is -0.468. The van der Waals surface area contributed by atoms with Gasteiger partial charge >= 0.3 is 5.97 Å². The third-order valence-corrected chi connectivity index (χ3v) is 2.16. The maximum Gasteiger partial charge on any atom is 0.303 e. The van der Waals surface area contributed by atoms with Crippen LogP contribution in [0.15, 0.2) is 5.11 Å². The first-order valence-corrected chi connectivity index (χ1v) is 4.59. The van der Waals surface area contributed by atoms with Crippen LogP contribution in [0.4, 0.5) is 0 Å². The van der Waals surface area contributed by atoms with Gasteiger partial charge in [-0.05, 0) is 12.5 Å². The Labute approximate surface area is 86.6 Å². The minimum Gasteiger partial charge on any atom is -0.459 e. The van der Waals surface area contributed by atoms with Gasteiger partial charge in [0.1, 0.15) is 6.10 Å². The zero-order valence-electron chi connectivity index (χ0n) is 8.53.